The van der Waals surface area contributed by atoms with Crippen molar-refractivity contribution in [2.24, 2.45) is 0 Å². The Morgan fingerprint density at radius 1 is 0.939 bits per heavy atom. The third-order valence-electron chi connectivity index (χ3n) is 5.54. The van der Waals surface area contributed by atoms with E-state index < -0.39 is 17.7 Å². The number of hydrogen-bond acceptors (Lipinski definition) is 7. The number of rotatable bonds is 7. The molecule has 2 aromatic carbocycles. The molecule has 1 amide bonds. The van der Waals surface area contributed by atoms with Crippen LogP contribution in [0.15, 0.2) is 70.9 Å². The van der Waals surface area contributed by atoms with E-state index in [-0.39, 0.29) is 17.9 Å². The normalized spacial score (nSPS) is 17.3. The highest BCUT2D eigenvalue weighted by molar-refractivity contribution is 6.46. The number of Topliss-reactive ketones (excluding diaryl/α,β-unsaturated/α-hetero) is 1. The molecule has 0 aliphatic carbocycles. The summed E-state index contributed by atoms with van der Waals surface area (Å²) >= 11 is 0. The van der Waals surface area contributed by atoms with Gasteiger partial charge in [0.25, 0.3) is 11.7 Å². The van der Waals surface area contributed by atoms with Gasteiger partial charge < -0.3 is 28.6 Å². The van der Waals surface area contributed by atoms with Crippen LogP contribution in [0.25, 0.3) is 5.76 Å². The van der Waals surface area contributed by atoms with Gasteiger partial charge in [0.2, 0.25) is 0 Å². The number of methoxy groups -OCH3 is 3. The fourth-order valence-corrected chi connectivity index (χ4v) is 3.94. The number of aliphatic hydroxyl groups is 1. The summed E-state index contributed by atoms with van der Waals surface area (Å²) in [4.78, 5) is 27.6. The minimum atomic E-state index is -0.919. The number of nitrogens with zero attached hydrogens (tertiary/aromatic N) is 1. The summed E-state index contributed by atoms with van der Waals surface area (Å²) in [5, 5.41) is 11.2. The van der Waals surface area contributed by atoms with E-state index in [4.69, 9.17) is 18.6 Å². The number of carbonyl (C=O) groups excluding carboxylic acids is 2. The first-order valence-corrected chi connectivity index (χ1v) is 10.2. The topological polar surface area (TPSA) is 98.4 Å². The molecular weight excluding hydrogens is 426 g/mol. The Labute approximate surface area is 190 Å². The quantitative estimate of drug-likeness (QED) is 0.332. The summed E-state index contributed by atoms with van der Waals surface area (Å²) in [5.74, 6) is -0.114. The lowest BCUT2D eigenvalue weighted by Gasteiger charge is -2.24. The molecular formula is C25H23NO7. The van der Waals surface area contributed by atoms with E-state index in [1.54, 1.807) is 36.4 Å². The van der Waals surface area contributed by atoms with Gasteiger partial charge in [-0.1, -0.05) is 18.2 Å². The summed E-state index contributed by atoms with van der Waals surface area (Å²) in [6.07, 6.45) is 1.45. The molecule has 8 nitrogen and oxygen atoms in total. The Morgan fingerprint density at radius 3 is 2.33 bits per heavy atom. The number of aliphatic hydroxyl groups excluding tert-OH is 1. The molecule has 1 aliphatic rings. The van der Waals surface area contributed by atoms with Gasteiger partial charge in [-0.15, -0.1) is 0 Å². The molecule has 3 aromatic rings. The molecule has 1 saturated heterocycles. The number of amides is 1. The summed E-state index contributed by atoms with van der Waals surface area (Å²) in [6.45, 7) is 0.0860. The summed E-state index contributed by atoms with van der Waals surface area (Å²) in [7, 11) is 4.50. The van der Waals surface area contributed by atoms with E-state index in [0.717, 1.165) is 0 Å². The molecule has 0 bridgehead atoms. The average Bonchev–Trinajstić information content (AvgIpc) is 3.46. The maximum atomic E-state index is 13.1. The molecule has 170 valence electrons. The van der Waals surface area contributed by atoms with E-state index >= 15 is 0 Å². The number of furan rings is 1. The Bertz CT molecular complexity index is 1210. The van der Waals surface area contributed by atoms with E-state index in [2.05, 4.69) is 0 Å². The van der Waals surface area contributed by atoms with Crippen molar-refractivity contribution in [3.63, 3.8) is 0 Å². The Morgan fingerprint density at radius 2 is 1.67 bits per heavy atom. The van der Waals surface area contributed by atoms with Crippen LogP contribution >= 0.6 is 0 Å². The van der Waals surface area contributed by atoms with Gasteiger partial charge in [0.1, 0.15) is 23.3 Å². The van der Waals surface area contributed by atoms with Gasteiger partial charge in [-0.2, -0.15) is 0 Å². The Balaban J connectivity index is 1.84. The maximum Gasteiger partial charge on any atom is 0.296 e. The molecule has 0 saturated carbocycles. The Hall–Kier alpha value is -4.20. The number of ether oxygens (including phenoxy) is 3. The molecule has 2 heterocycles. The highest BCUT2D eigenvalue weighted by atomic mass is 16.5. The number of para-hydroxylation sites is 1. The first-order chi connectivity index (χ1) is 16.0. The molecule has 1 fully saturated rings. The number of ketones is 1. The lowest BCUT2D eigenvalue weighted by atomic mass is 9.99. The minimum absolute atomic E-state index is 0.0722. The molecule has 1 aromatic heterocycles. The van der Waals surface area contributed by atoms with Gasteiger partial charge >= 0.3 is 0 Å². The van der Waals surface area contributed by atoms with E-state index in [0.29, 0.717) is 34.1 Å². The van der Waals surface area contributed by atoms with Gasteiger partial charge in [-0.3, -0.25) is 9.59 Å². The molecule has 1 unspecified atom stereocenters. The van der Waals surface area contributed by atoms with Crippen molar-refractivity contribution in [2.45, 2.75) is 12.6 Å². The molecule has 8 heteroatoms. The van der Waals surface area contributed by atoms with Crippen LogP contribution in [0.1, 0.15) is 22.9 Å². The first kappa shape index (κ1) is 22.0. The molecule has 33 heavy (non-hydrogen) atoms. The predicted molar refractivity (Wildman–Crippen MR) is 119 cm³/mol. The van der Waals surface area contributed by atoms with Crippen molar-refractivity contribution in [3.05, 3.63) is 83.3 Å². The molecule has 1 aliphatic heterocycles. The second-order valence-electron chi connectivity index (χ2n) is 7.32. The second kappa shape index (κ2) is 9.12. The van der Waals surface area contributed by atoms with Crippen molar-refractivity contribution in [1.82, 2.24) is 4.90 Å². The van der Waals surface area contributed by atoms with Gasteiger partial charge in [0.15, 0.2) is 11.5 Å². The van der Waals surface area contributed by atoms with Crippen molar-refractivity contribution >= 4 is 17.4 Å². The summed E-state index contributed by atoms with van der Waals surface area (Å²) in [6, 6.07) is 14.4. The molecule has 0 radical (unpaired) electrons. The second-order valence-corrected chi connectivity index (χ2v) is 7.32. The fourth-order valence-electron chi connectivity index (χ4n) is 3.94. The Kier molecular flexibility index (Phi) is 6.08. The van der Waals surface area contributed by atoms with Crippen LogP contribution in [0.3, 0.4) is 0 Å². The molecule has 1 atom stereocenters. The molecule has 0 spiro atoms. The zero-order valence-corrected chi connectivity index (χ0v) is 18.4. The lowest BCUT2D eigenvalue weighted by Crippen LogP contribution is -2.29. The van der Waals surface area contributed by atoms with Crippen molar-refractivity contribution in [1.29, 1.82) is 0 Å². The van der Waals surface area contributed by atoms with Crippen LogP contribution in [0.5, 0.6) is 17.2 Å². The van der Waals surface area contributed by atoms with Gasteiger partial charge in [0, 0.05) is 11.1 Å². The van der Waals surface area contributed by atoms with Crippen molar-refractivity contribution in [2.75, 3.05) is 21.3 Å². The maximum absolute atomic E-state index is 13.1. The van der Waals surface area contributed by atoms with Crippen LogP contribution in [-0.2, 0) is 16.1 Å². The largest absolute Gasteiger partial charge is 0.507 e. The molecule has 4 rings (SSSR count). The van der Waals surface area contributed by atoms with Gasteiger partial charge in [-0.25, -0.2) is 0 Å². The lowest BCUT2D eigenvalue weighted by molar-refractivity contribution is -0.140. The summed E-state index contributed by atoms with van der Waals surface area (Å²) < 4.78 is 21.5. The monoisotopic (exact) mass is 449 g/mol. The van der Waals surface area contributed by atoms with Crippen LogP contribution in [-0.4, -0.2) is 43.0 Å². The standard InChI is InChI=1S/C25H23NO7/c1-30-17-8-5-4-7-16(17)14-26-22(19-9-6-12-33-19)21(24(28)25(26)29)23(27)15-10-11-18(31-2)20(13-15)32-3/h4-13,22,27H,14H2,1-3H3/b23-21-. The smallest absolute Gasteiger partial charge is 0.296 e. The predicted octanol–water partition coefficient (Wildman–Crippen LogP) is 3.93. The van der Waals surface area contributed by atoms with Crippen molar-refractivity contribution in [3.8, 4) is 17.2 Å². The summed E-state index contributed by atoms with van der Waals surface area (Å²) in [5.41, 5.74) is 0.945. The third-order valence-corrected chi connectivity index (χ3v) is 5.54. The number of carbonyl (C=O) groups is 2. The van der Waals surface area contributed by atoms with Crippen LogP contribution in [0.4, 0.5) is 0 Å². The average molecular weight is 449 g/mol. The van der Waals surface area contributed by atoms with Crippen LogP contribution < -0.4 is 14.2 Å². The van der Waals surface area contributed by atoms with E-state index in [9.17, 15) is 14.7 Å². The zero-order chi connectivity index (χ0) is 23.5. The first-order valence-electron chi connectivity index (χ1n) is 10.2. The number of likely N-dealkylation sites (tertiary alicyclic amines) is 1. The van der Waals surface area contributed by atoms with Crippen molar-refractivity contribution < 1.29 is 33.3 Å². The number of benzene rings is 2. The van der Waals surface area contributed by atoms with Gasteiger partial charge in [0.05, 0.1) is 39.7 Å². The third kappa shape index (κ3) is 3.91. The van der Waals surface area contributed by atoms with E-state index in [1.807, 2.05) is 18.2 Å². The fraction of sp³-hybridized carbons (Fsp3) is 0.200. The highest BCUT2D eigenvalue weighted by Crippen LogP contribution is 2.42. The zero-order valence-electron chi connectivity index (χ0n) is 18.4. The van der Waals surface area contributed by atoms with Gasteiger partial charge in [-0.05, 0) is 36.4 Å². The number of hydrogen-bond donors (Lipinski definition) is 1. The van der Waals surface area contributed by atoms with Crippen LogP contribution in [0, 0.1) is 0 Å². The molecule has 1 N–H and O–H groups in total. The minimum Gasteiger partial charge on any atom is -0.507 e. The SMILES string of the molecule is COc1ccccc1CN1C(=O)C(=O)/C(=C(\O)c2ccc(OC)c(OC)c2)C1c1ccco1. The highest BCUT2D eigenvalue weighted by Gasteiger charge is 2.47. The van der Waals surface area contributed by atoms with Crippen LogP contribution in [0.2, 0.25) is 0 Å². The van der Waals surface area contributed by atoms with E-state index in [1.165, 1.54) is 32.5 Å².